The maximum Gasteiger partial charge on any atom is 0.251 e. The van der Waals surface area contributed by atoms with E-state index in [0.717, 1.165) is 5.69 Å². The quantitative estimate of drug-likeness (QED) is 0.499. The van der Waals surface area contributed by atoms with Crippen molar-refractivity contribution in [2.45, 2.75) is 27.3 Å². The fraction of sp³-hybridized carbons (Fsp3) is 0.263. The third kappa shape index (κ3) is 4.20. The summed E-state index contributed by atoms with van der Waals surface area (Å²) in [7, 11) is 0. The van der Waals surface area contributed by atoms with Gasteiger partial charge in [0, 0.05) is 24.2 Å². The van der Waals surface area contributed by atoms with Gasteiger partial charge in [0.05, 0.1) is 35.5 Å². The van der Waals surface area contributed by atoms with E-state index in [1.807, 2.05) is 13.8 Å². The van der Waals surface area contributed by atoms with E-state index in [-0.39, 0.29) is 18.1 Å². The number of hydrogen-bond acceptors (Lipinski definition) is 7. The monoisotopic (exact) mass is 378 g/mol. The average molecular weight is 378 g/mol. The van der Waals surface area contributed by atoms with Crippen LogP contribution in [0.2, 0.25) is 0 Å². The molecule has 9 nitrogen and oxygen atoms in total. The first-order valence-electron chi connectivity index (χ1n) is 8.80. The summed E-state index contributed by atoms with van der Waals surface area (Å²) < 4.78 is 1.54. The van der Waals surface area contributed by atoms with Crippen LogP contribution in [0.25, 0.3) is 5.69 Å². The van der Waals surface area contributed by atoms with E-state index >= 15 is 0 Å². The Balaban J connectivity index is 1.78. The van der Waals surface area contributed by atoms with Crippen LogP contribution in [-0.2, 0) is 6.54 Å². The Kier molecular flexibility index (Phi) is 5.73. The number of amides is 1. The Morgan fingerprint density at radius 3 is 2.57 bits per heavy atom. The van der Waals surface area contributed by atoms with E-state index in [1.165, 1.54) is 4.68 Å². The van der Waals surface area contributed by atoms with Crippen LogP contribution in [-0.4, -0.2) is 43.3 Å². The van der Waals surface area contributed by atoms with Crippen LogP contribution in [0.1, 0.15) is 40.1 Å². The maximum absolute atomic E-state index is 12.4. The zero-order valence-corrected chi connectivity index (χ0v) is 15.9. The van der Waals surface area contributed by atoms with Gasteiger partial charge in [0.1, 0.15) is 5.69 Å². The number of nitrogens with one attached hydrogen (secondary N) is 1. The van der Waals surface area contributed by atoms with Gasteiger partial charge in [-0.15, -0.1) is 5.10 Å². The van der Waals surface area contributed by atoms with Gasteiger partial charge in [0.15, 0.2) is 0 Å². The smallest absolute Gasteiger partial charge is 0.251 e. The van der Waals surface area contributed by atoms with Gasteiger partial charge in [-0.05, 0) is 45.0 Å². The predicted molar refractivity (Wildman–Crippen MR) is 101 cm³/mol. The highest BCUT2D eigenvalue weighted by atomic mass is 16.3. The van der Waals surface area contributed by atoms with Crippen LogP contribution in [0.15, 0.2) is 41.7 Å². The normalized spacial score (nSPS) is 11.5. The van der Waals surface area contributed by atoms with E-state index in [9.17, 15) is 9.90 Å². The summed E-state index contributed by atoms with van der Waals surface area (Å²) in [5.41, 5.74) is 3.38. The second-order valence-electron chi connectivity index (χ2n) is 6.11. The SMILES string of the molecule is CCNC(=O)c1ccc(-n2nnc(C([O-])=NCc3cnc(C)cn3)c2C)cc1. The zero-order chi connectivity index (χ0) is 20.1. The standard InChI is InChI=1S/C19H21N7O2/c1-4-20-18(27)14-5-7-16(8-6-14)26-13(3)17(24-25-26)19(28)23-11-15-10-21-12(2)9-22-15/h5-10H,4,11H2,1-3H3,(H,20,27)(H,23,28)/p-1. The molecule has 1 N–H and O–H groups in total. The van der Waals surface area contributed by atoms with Crippen molar-refractivity contribution in [2.75, 3.05) is 6.54 Å². The number of hydrogen-bond donors (Lipinski definition) is 1. The Morgan fingerprint density at radius 2 is 1.93 bits per heavy atom. The Bertz CT molecular complexity index is 992. The Labute approximate surface area is 162 Å². The van der Waals surface area contributed by atoms with Crippen LogP contribution >= 0.6 is 0 Å². The van der Waals surface area contributed by atoms with Crippen molar-refractivity contribution in [2.24, 2.45) is 4.99 Å². The van der Waals surface area contributed by atoms with Crippen molar-refractivity contribution in [3.63, 3.8) is 0 Å². The minimum Gasteiger partial charge on any atom is -0.857 e. The van der Waals surface area contributed by atoms with Gasteiger partial charge in [-0.2, -0.15) is 0 Å². The molecule has 0 aliphatic heterocycles. The minimum atomic E-state index is -0.468. The molecule has 0 spiro atoms. The fourth-order valence-electron chi connectivity index (χ4n) is 2.52. The molecule has 2 heterocycles. The van der Waals surface area contributed by atoms with Gasteiger partial charge in [-0.1, -0.05) is 5.21 Å². The molecular weight excluding hydrogens is 358 g/mol. The molecule has 2 aromatic heterocycles. The molecule has 0 saturated carbocycles. The topological polar surface area (TPSA) is 121 Å². The van der Waals surface area contributed by atoms with Gasteiger partial charge in [-0.25, -0.2) is 4.68 Å². The van der Waals surface area contributed by atoms with Crippen LogP contribution in [0, 0.1) is 13.8 Å². The number of aryl methyl sites for hydroxylation is 1. The molecule has 1 amide bonds. The molecule has 28 heavy (non-hydrogen) atoms. The van der Waals surface area contributed by atoms with Crippen molar-refractivity contribution in [1.29, 1.82) is 0 Å². The molecule has 3 rings (SSSR count). The molecule has 0 radical (unpaired) electrons. The molecule has 9 heteroatoms. The van der Waals surface area contributed by atoms with Crippen molar-refractivity contribution in [3.8, 4) is 5.69 Å². The Morgan fingerprint density at radius 1 is 1.18 bits per heavy atom. The summed E-state index contributed by atoms with van der Waals surface area (Å²) >= 11 is 0. The van der Waals surface area contributed by atoms with Gasteiger partial charge >= 0.3 is 0 Å². The fourth-order valence-corrected chi connectivity index (χ4v) is 2.52. The highest BCUT2D eigenvalue weighted by Crippen LogP contribution is 2.13. The van der Waals surface area contributed by atoms with Crippen LogP contribution < -0.4 is 10.4 Å². The summed E-state index contributed by atoms with van der Waals surface area (Å²) in [5.74, 6) is -0.608. The van der Waals surface area contributed by atoms with E-state index in [2.05, 4.69) is 30.6 Å². The molecule has 0 fully saturated rings. The van der Waals surface area contributed by atoms with E-state index < -0.39 is 5.90 Å². The lowest BCUT2D eigenvalue weighted by Crippen LogP contribution is -2.22. The van der Waals surface area contributed by atoms with Gasteiger partial charge in [0.2, 0.25) is 0 Å². The number of aromatic nitrogens is 5. The molecule has 0 bridgehead atoms. The first-order chi connectivity index (χ1) is 13.5. The molecule has 0 unspecified atom stereocenters. The maximum atomic E-state index is 12.4. The third-order valence-corrected chi connectivity index (χ3v) is 4.03. The molecule has 0 aliphatic carbocycles. The summed E-state index contributed by atoms with van der Waals surface area (Å²) in [6.07, 6.45) is 3.22. The number of carbonyl (C=O) groups excluding carboxylic acids is 1. The summed E-state index contributed by atoms with van der Waals surface area (Å²) in [6, 6.07) is 6.89. The number of carbonyl (C=O) groups is 1. The van der Waals surface area contributed by atoms with E-state index in [0.29, 0.717) is 29.2 Å². The lowest BCUT2D eigenvalue weighted by atomic mass is 10.2. The average Bonchev–Trinajstić information content (AvgIpc) is 3.09. The highest BCUT2D eigenvalue weighted by molar-refractivity contribution is 5.94. The molecule has 0 saturated heterocycles. The van der Waals surface area contributed by atoms with Crippen LogP contribution in [0.4, 0.5) is 0 Å². The summed E-state index contributed by atoms with van der Waals surface area (Å²) in [4.78, 5) is 24.2. The van der Waals surface area contributed by atoms with Crippen LogP contribution in [0.5, 0.6) is 0 Å². The van der Waals surface area contributed by atoms with Crippen LogP contribution in [0.3, 0.4) is 0 Å². The predicted octanol–water partition coefficient (Wildman–Crippen LogP) is 0.731. The zero-order valence-electron chi connectivity index (χ0n) is 15.9. The van der Waals surface area contributed by atoms with Crippen molar-refractivity contribution >= 4 is 11.8 Å². The molecule has 3 aromatic rings. The van der Waals surface area contributed by atoms with E-state index in [1.54, 1.807) is 43.6 Å². The summed E-state index contributed by atoms with van der Waals surface area (Å²) in [6.45, 7) is 6.13. The molecule has 1 aromatic carbocycles. The number of rotatable bonds is 6. The third-order valence-electron chi connectivity index (χ3n) is 4.03. The number of aliphatic imine (C=N–C) groups is 1. The van der Waals surface area contributed by atoms with Gasteiger partial charge < -0.3 is 10.4 Å². The number of nitrogens with zero attached hydrogens (tertiary/aromatic N) is 6. The minimum absolute atomic E-state index is 0.125. The van der Waals surface area contributed by atoms with Gasteiger partial charge in [-0.3, -0.25) is 19.8 Å². The lowest BCUT2D eigenvalue weighted by molar-refractivity contribution is -0.213. The van der Waals surface area contributed by atoms with E-state index in [4.69, 9.17) is 0 Å². The first-order valence-corrected chi connectivity index (χ1v) is 8.80. The first kappa shape index (κ1) is 19.2. The largest absolute Gasteiger partial charge is 0.857 e. The Hall–Kier alpha value is -3.62. The number of benzene rings is 1. The van der Waals surface area contributed by atoms with Gasteiger partial charge in [0.25, 0.3) is 5.91 Å². The molecule has 0 aliphatic rings. The van der Waals surface area contributed by atoms with Crippen molar-refractivity contribution in [1.82, 2.24) is 30.3 Å². The summed E-state index contributed by atoms with van der Waals surface area (Å²) in [5, 5.41) is 23.1. The highest BCUT2D eigenvalue weighted by Gasteiger charge is 2.11. The lowest BCUT2D eigenvalue weighted by Gasteiger charge is -2.09. The molecule has 144 valence electrons. The molecular formula is C19H20N7O2-. The molecule has 0 atom stereocenters. The van der Waals surface area contributed by atoms with Crippen molar-refractivity contribution in [3.05, 3.63) is 65.0 Å². The second kappa shape index (κ2) is 8.38. The second-order valence-corrected chi connectivity index (χ2v) is 6.11. The van der Waals surface area contributed by atoms with Crippen molar-refractivity contribution < 1.29 is 9.90 Å².